The molecule has 0 saturated heterocycles. The first-order valence-corrected chi connectivity index (χ1v) is 5.65. The summed E-state index contributed by atoms with van der Waals surface area (Å²) in [4.78, 5) is 0. The normalized spacial score (nSPS) is 12.5. The Morgan fingerprint density at radius 1 is 1.53 bits per heavy atom. The minimum atomic E-state index is -0.363. The quantitative estimate of drug-likeness (QED) is 0.656. The lowest BCUT2D eigenvalue weighted by atomic mass is 10.2. The van der Waals surface area contributed by atoms with Crippen molar-refractivity contribution in [3.8, 4) is 5.75 Å². The lowest BCUT2D eigenvalue weighted by Gasteiger charge is -2.10. The minimum absolute atomic E-state index is 0.0648. The van der Waals surface area contributed by atoms with E-state index in [1.54, 1.807) is 12.1 Å². The number of nitrogens with two attached hydrogens (primary N) is 1. The van der Waals surface area contributed by atoms with Crippen LogP contribution in [0.2, 0.25) is 0 Å². The van der Waals surface area contributed by atoms with Crippen LogP contribution in [0, 0.1) is 5.82 Å². The fraction of sp³-hybridized carbons (Fsp3) is 0.500. The van der Waals surface area contributed by atoms with Crippen molar-refractivity contribution in [2.75, 3.05) is 19.8 Å². The number of aliphatic hydroxyl groups is 1. The maximum Gasteiger partial charge on any atom is 0.165 e. The molecule has 0 aliphatic rings. The molecule has 1 aromatic carbocycles. The lowest BCUT2D eigenvalue weighted by molar-refractivity contribution is 0.262. The van der Waals surface area contributed by atoms with E-state index in [1.165, 1.54) is 6.07 Å². The standard InChI is InChI=1S/C12H19FN2O2/c1-2-17-12-4-3-9(5-11(12)13)6-15-7-10(14)8-16/h3-5,10,15-16H,2,6-8,14H2,1H3. The van der Waals surface area contributed by atoms with Crippen molar-refractivity contribution in [1.82, 2.24) is 5.32 Å². The monoisotopic (exact) mass is 242 g/mol. The third-order valence-corrected chi connectivity index (χ3v) is 2.27. The molecule has 0 spiro atoms. The molecule has 17 heavy (non-hydrogen) atoms. The summed E-state index contributed by atoms with van der Waals surface area (Å²) in [7, 11) is 0. The van der Waals surface area contributed by atoms with Gasteiger partial charge in [-0.25, -0.2) is 4.39 Å². The summed E-state index contributed by atoms with van der Waals surface area (Å²) in [5.74, 6) is -0.0964. The molecule has 4 nitrogen and oxygen atoms in total. The van der Waals surface area contributed by atoms with Crippen LogP contribution in [-0.4, -0.2) is 30.9 Å². The second-order valence-electron chi connectivity index (χ2n) is 3.77. The number of aliphatic hydroxyl groups excluding tert-OH is 1. The molecule has 0 aliphatic heterocycles. The number of nitrogens with one attached hydrogen (secondary N) is 1. The summed E-state index contributed by atoms with van der Waals surface area (Å²) < 4.78 is 18.6. The summed E-state index contributed by atoms with van der Waals surface area (Å²) in [5, 5.41) is 11.8. The van der Waals surface area contributed by atoms with Gasteiger partial charge in [-0.15, -0.1) is 0 Å². The Kier molecular flexibility index (Phi) is 5.90. The van der Waals surface area contributed by atoms with E-state index in [2.05, 4.69) is 5.32 Å². The van der Waals surface area contributed by atoms with Gasteiger partial charge in [-0.1, -0.05) is 6.07 Å². The Hall–Kier alpha value is -1.17. The van der Waals surface area contributed by atoms with Gasteiger partial charge in [0.2, 0.25) is 0 Å². The summed E-state index contributed by atoms with van der Waals surface area (Å²) in [6.45, 7) is 3.19. The second kappa shape index (κ2) is 7.21. The maximum atomic E-state index is 13.5. The zero-order chi connectivity index (χ0) is 12.7. The van der Waals surface area contributed by atoms with Gasteiger partial charge >= 0.3 is 0 Å². The molecular formula is C12H19FN2O2. The first kappa shape index (κ1) is 13.9. The topological polar surface area (TPSA) is 67.5 Å². The Morgan fingerprint density at radius 3 is 2.88 bits per heavy atom. The Labute approximate surface area is 101 Å². The van der Waals surface area contributed by atoms with E-state index in [4.69, 9.17) is 15.6 Å². The smallest absolute Gasteiger partial charge is 0.165 e. The van der Waals surface area contributed by atoms with E-state index in [1.807, 2.05) is 6.92 Å². The Morgan fingerprint density at radius 2 is 2.29 bits per heavy atom. The zero-order valence-electron chi connectivity index (χ0n) is 9.95. The van der Waals surface area contributed by atoms with E-state index >= 15 is 0 Å². The third-order valence-electron chi connectivity index (χ3n) is 2.27. The molecule has 1 rings (SSSR count). The van der Waals surface area contributed by atoms with Crippen LogP contribution in [0.25, 0.3) is 0 Å². The van der Waals surface area contributed by atoms with Gasteiger partial charge in [0.15, 0.2) is 11.6 Å². The first-order valence-electron chi connectivity index (χ1n) is 5.65. The average Bonchev–Trinajstić information content (AvgIpc) is 2.32. The number of hydrogen-bond donors (Lipinski definition) is 3. The molecule has 96 valence electrons. The van der Waals surface area contributed by atoms with Gasteiger partial charge in [-0.2, -0.15) is 0 Å². The fourth-order valence-corrected chi connectivity index (χ4v) is 1.39. The molecule has 5 heteroatoms. The molecule has 0 radical (unpaired) electrons. The highest BCUT2D eigenvalue weighted by Gasteiger charge is 2.04. The van der Waals surface area contributed by atoms with Crippen LogP contribution in [0.15, 0.2) is 18.2 Å². The second-order valence-corrected chi connectivity index (χ2v) is 3.77. The number of rotatable bonds is 7. The van der Waals surface area contributed by atoms with E-state index in [0.29, 0.717) is 19.7 Å². The highest BCUT2D eigenvalue weighted by molar-refractivity contribution is 5.29. The molecule has 1 atom stereocenters. The van der Waals surface area contributed by atoms with Crippen molar-refractivity contribution in [2.24, 2.45) is 5.73 Å². The van der Waals surface area contributed by atoms with Gasteiger partial charge in [0.05, 0.1) is 13.2 Å². The molecule has 0 aliphatic carbocycles. The van der Waals surface area contributed by atoms with Crippen molar-refractivity contribution in [3.05, 3.63) is 29.6 Å². The minimum Gasteiger partial charge on any atom is -0.491 e. The summed E-state index contributed by atoms with van der Waals surface area (Å²) >= 11 is 0. The Balaban J connectivity index is 2.47. The number of ether oxygens (including phenoxy) is 1. The van der Waals surface area contributed by atoms with Crippen molar-refractivity contribution in [3.63, 3.8) is 0 Å². The predicted octanol–water partition coefficient (Wildman–Crippen LogP) is 0.634. The molecule has 0 bridgehead atoms. The molecule has 1 unspecified atom stereocenters. The summed E-state index contributed by atoms with van der Waals surface area (Å²) in [6, 6.07) is 4.55. The first-order chi connectivity index (χ1) is 8.17. The van der Waals surface area contributed by atoms with Crippen molar-refractivity contribution in [1.29, 1.82) is 0 Å². The molecule has 4 N–H and O–H groups in total. The van der Waals surface area contributed by atoms with E-state index in [-0.39, 0.29) is 24.2 Å². The molecule has 0 heterocycles. The van der Waals surface area contributed by atoms with Crippen LogP contribution in [0.1, 0.15) is 12.5 Å². The zero-order valence-corrected chi connectivity index (χ0v) is 9.95. The van der Waals surface area contributed by atoms with E-state index in [0.717, 1.165) is 5.56 Å². The van der Waals surface area contributed by atoms with E-state index in [9.17, 15) is 4.39 Å². The molecular weight excluding hydrogens is 223 g/mol. The van der Waals surface area contributed by atoms with Gasteiger partial charge < -0.3 is 20.9 Å². The Bertz CT molecular complexity index is 347. The van der Waals surface area contributed by atoms with Crippen LogP contribution in [0.3, 0.4) is 0 Å². The van der Waals surface area contributed by atoms with Crippen LogP contribution >= 0.6 is 0 Å². The molecule has 0 fully saturated rings. The third kappa shape index (κ3) is 4.68. The molecule has 0 aromatic heterocycles. The van der Waals surface area contributed by atoms with Crippen LogP contribution in [-0.2, 0) is 6.54 Å². The summed E-state index contributed by atoms with van der Waals surface area (Å²) in [5.41, 5.74) is 6.34. The number of halogens is 1. The van der Waals surface area contributed by atoms with Crippen LogP contribution < -0.4 is 15.8 Å². The number of benzene rings is 1. The highest BCUT2D eigenvalue weighted by atomic mass is 19.1. The van der Waals surface area contributed by atoms with Crippen molar-refractivity contribution >= 4 is 0 Å². The maximum absolute atomic E-state index is 13.5. The van der Waals surface area contributed by atoms with Crippen molar-refractivity contribution < 1.29 is 14.2 Å². The van der Waals surface area contributed by atoms with Gasteiger partial charge in [0.1, 0.15) is 0 Å². The average molecular weight is 242 g/mol. The van der Waals surface area contributed by atoms with Crippen LogP contribution in [0.4, 0.5) is 4.39 Å². The lowest BCUT2D eigenvalue weighted by Crippen LogP contribution is -2.36. The van der Waals surface area contributed by atoms with Gasteiger partial charge in [-0.05, 0) is 24.6 Å². The molecule has 1 aromatic rings. The summed E-state index contributed by atoms with van der Waals surface area (Å²) in [6.07, 6.45) is 0. The van der Waals surface area contributed by atoms with Gasteiger partial charge in [0.25, 0.3) is 0 Å². The van der Waals surface area contributed by atoms with Gasteiger partial charge in [-0.3, -0.25) is 0 Å². The molecule has 0 amide bonds. The highest BCUT2D eigenvalue weighted by Crippen LogP contribution is 2.18. The predicted molar refractivity (Wildman–Crippen MR) is 64.3 cm³/mol. The SMILES string of the molecule is CCOc1ccc(CNCC(N)CO)cc1F. The molecule has 0 saturated carbocycles. The largest absolute Gasteiger partial charge is 0.491 e. The number of hydrogen-bond acceptors (Lipinski definition) is 4. The van der Waals surface area contributed by atoms with Crippen molar-refractivity contribution in [2.45, 2.75) is 19.5 Å². The van der Waals surface area contributed by atoms with Crippen LogP contribution in [0.5, 0.6) is 5.75 Å². The van der Waals surface area contributed by atoms with E-state index < -0.39 is 0 Å². The fourth-order valence-electron chi connectivity index (χ4n) is 1.39. The van der Waals surface area contributed by atoms with Gasteiger partial charge in [0, 0.05) is 19.1 Å².